The SMILES string of the molecule is Cc1ccc(C(C)NC(=S)NCc2ccccc2)c(C)c1. The Hall–Kier alpha value is -1.87. The van der Waals surface area contributed by atoms with Crippen LogP contribution in [0.25, 0.3) is 0 Å². The van der Waals surface area contributed by atoms with E-state index >= 15 is 0 Å². The predicted molar refractivity (Wildman–Crippen MR) is 93.3 cm³/mol. The van der Waals surface area contributed by atoms with Gasteiger partial charge in [-0.25, -0.2) is 0 Å². The van der Waals surface area contributed by atoms with Crippen LogP contribution in [0.2, 0.25) is 0 Å². The van der Waals surface area contributed by atoms with Crippen molar-refractivity contribution >= 4 is 17.3 Å². The topological polar surface area (TPSA) is 24.1 Å². The Morgan fingerprint density at radius 2 is 1.81 bits per heavy atom. The average molecular weight is 298 g/mol. The van der Waals surface area contributed by atoms with Gasteiger partial charge in [0, 0.05) is 6.54 Å². The van der Waals surface area contributed by atoms with Gasteiger partial charge in [0.05, 0.1) is 6.04 Å². The summed E-state index contributed by atoms with van der Waals surface area (Å²) in [4.78, 5) is 0. The molecule has 2 rings (SSSR count). The molecule has 0 aliphatic carbocycles. The molecule has 0 aromatic heterocycles. The van der Waals surface area contributed by atoms with Gasteiger partial charge in [-0.05, 0) is 49.7 Å². The van der Waals surface area contributed by atoms with Gasteiger partial charge in [0.2, 0.25) is 0 Å². The first-order valence-corrected chi connectivity index (χ1v) is 7.62. The number of aryl methyl sites for hydroxylation is 2. The molecule has 21 heavy (non-hydrogen) atoms. The zero-order valence-corrected chi connectivity index (χ0v) is 13.6. The fraction of sp³-hybridized carbons (Fsp3) is 0.278. The minimum absolute atomic E-state index is 0.196. The Kier molecular flexibility index (Phi) is 5.34. The second-order valence-electron chi connectivity index (χ2n) is 5.39. The molecule has 2 aromatic rings. The molecular weight excluding hydrogens is 276 g/mol. The maximum atomic E-state index is 5.38. The predicted octanol–water partition coefficient (Wildman–Crippen LogP) is 4.03. The van der Waals surface area contributed by atoms with Gasteiger partial charge in [0.15, 0.2) is 5.11 Å². The van der Waals surface area contributed by atoms with Crippen molar-refractivity contribution in [2.75, 3.05) is 0 Å². The molecule has 0 radical (unpaired) electrons. The van der Waals surface area contributed by atoms with Gasteiger partial charge >= 0.3 is 0 Å². The zero-order valence-electron chi connectivity index (χ0n) is 12.8. The molecular formula is C18H22N2S. The Morgan fingerprint density at radius 1 is 1.10 bits per heavy atom. The van der Waals surface area contributed by atoms with Crippen LogP contribution in [0.3, 0.4) is 0 Å². The summed E-state index contributed by atoms with van der Waals surface area (Å²) < 4.78 is 0. The highest BCUT2D eigenvalue weighted by Crippen LogP contribution is 2.18. The lowest BCUT2D eigenvalue weighted by molar-refractivity contribution is 0.693. The van der Waals surface area contributed by atoms with Crippen LogP contribution in [0.4, 0.5) is 0 Å². The summed E-state index contributed by atoms with van der Waals surface area (Å²) in [6.07, 6.45) is 0. The normalized spacial score (nSPS) is 11.8. The highest BCUT2D eigenvalue weighted by atomic mass is 32.1. The molecule has 2 nitrogen and oxygen atoms in total. The minimum atomic E-state index is 0.196. The van der Waals surface area contributed by atoms with E-state index < -0.39 is 0 Å². The summed E-state index contributed by atoms with van der Waals surface area (Å²) in [5.41, 5.74) is 5.08. The van der Waals surface area contributed by atoms with Crippen molar-refractivity contribution in [2.45, 2.75) is 33.4 Å². The first kappa shape index (κ1) is 15.5. The van der Waals surface area contributed by atoms with Gasteiger partial charge in [-0.1, -0.05) is 54.1 Å². The molecule has 0 amide bonds. The molecule has 0 saturated carbocycles. The van der Waals surface area contributed by atoms with E-state index in [1.165, 1.54) is 22.3 Å². The fourth-order valence-electron chi connectivity index (χ4n) is 2.42. The molecule has 0 aliphatic heterocycles. The first-order chi connectivity index (χ1) is 10.1. The number of hydrogen-bond donors (Lipinski definition) is 2. The summed E-state index contributed by atoms with van der Waals surface area (Å²) >= 11 is 5.38. The number of rotatable bonds is 4. The standard InChI is InChI=1S/C18H22N2S/c1-13-9-10-17(14(2)11-13)15(3)20-18(21)19-12-16-7-5-4-6-8-16/h4-11,15H,12H2,1-3H3,(H2,19,20,21). The lowest BCUT2D eigenvalue weighted by Crippen LogP contribution is -2.36. The van der Waals surface area contributed by atoms with E-state index in [0.717, 1.165) is 6.54 Å². The molecule has 0 spiro atoms. The molecule has 1 atom stereocenters. The highest BCUT2D eigenvalue weighted by molar-refractivity contribution is 7.80. The van der Waals surface area contributed by atoms with Crippen LogP contribution < -0.4 is 10.6 Å². The molecule has 3 heteroatoms. The number of nitrogens with one attached hydrogen (secondary N) is 2. The summed E-state index contributed by atoms with van der Waals surface area (Å²) in [6.45, 7) is 7.13. The van der Waals surface area contributed by atoms with Crippen molar-refractivity contribution in [1.82, 2.24) is 10.6 Å². The van der Waals surface area contributed by atoms with Gasteiger partial charge < -0.3 is 10.6 Å². The number of thiocarbonyl (C=S) groups is 1. The molecule has 0 saturated heterocycles. The Balaban J connectivity index is 1.90. The fourth-order valence-corrected chi connectivity index (χ4v) is 2.66. The van der Waals surface area contributed by atoms with Gasteiger partial charge in [0.1, 0.15) is 0 Å². The third kappa shape index (κ3) is 4.57. The quantitative estimate of drug-likeness (QED) is 0.833. The van der Waals surface area contributed by atoms with Gasteiger partial charge in [-0.15, -0.1) is 0 Å². The van der Waals surface area contributed by atoms with Crippen molar-refractivity contribution in [1.29, 1.82) is 0 Å². The molecule has 2 aromatic carbocycles. The van der Waals surface area contributed by atoms with Crippen LogP contribution in [-0.2, 0) is 6.54 Å². The van der Waals surface area contributed by atoms with Gasteiger partial charge in [-0.2, -0.15) is 0 Å². The first-order valence-electron chi connectivity index (χ1n) is 7.21. The lowest BCUT2D eigenvalue weighted by atomic mass is 10.0. The molecule has 0 fully saturated rings. The molecule has 1 unspecified atom stereocenters. The third-order valence-electron chi connectivity index (χ3n) is 3.54. The van der Waals surface area contributed by atoms with E-state index in [9.17, 15) is 0 Å². The summed E-state index contributed by atoms with van der Waals surface area (Å²) in [7, 11) is 0. The second-order valence-corrected chi connectivity index (χ2v) is 5.80. The third-order valence-corrected chi connectivity index (χ3v) is 3.80. The van der Waals surface area contributed by atoms with E-state index in [-0.39, 0.29) is 6.04 Å². The lowest BCUT2D eigenvalue weighted by Gasteiger charge is -2.19. The van der Waals surface area contributed by atoms with E-state index in [0.29, 0.717) is 5.11 Å². The summed E-state index contributed by atoms with van der Waals surface area (Å²) in [5.74, 6) is 0. The number of benzene rings is 2. The van der Waals surface area contributed by atoms with Crippen LogP contribution >= 0.6 is 12.2 Å². The maximum Gasteiger partial charge on any atom is 0.167 e. The maximum absolute atomic E-state index is 5.38. The van der Waals surface area contributed by atoms with E-state index in [4.69, 9.17) is 12.2 Å². The van der Waals surface area contributed by atoms with Crippen LogP contribution in [0.1, 0.15) is 35.2 Å². The van der Waals surface area contributed by atoms with Crippen LogP contribution in [-0.4, -0.2) is 5.11 Å². The number of hydrogen-bond acceptors (Lipinski definition) is 1. The molecule has 0 bridgehead atoms. The van der Waals surface area contributed by atoms with E-state index in [1.54, 1.807) is 0 Å². The van der Waals surface area contributed by atoms with E-state index in [1.807, 2.05) is 18.2 Å². The molecule has 110 valence electrons. The highest BCUT2D eigenvalue weighted by Gasteiger charge is 2.09. The van der Waals surface area contributed by atoms with Gasteiger partial charge in [0.25, 0.3) is 0 Å². The van der Waals surface area contributed by atoms with Crippen molar-refractivity contribution in [3.8, 4) is 0 Å². The minimum Gasteiger partial charge on any atom is -0.359 e. The van der Waals surface area contributed by atoms with Crippen LogP contribution in [0.5, 0.6) is 0 Å². The van der Waals surface area contributed by atoms with Crippen molar-refractivity contribution in [3.63, 3.8) is 0 Å². The van der Waals surface area contributed by atoms with Crippen molar-refractivity contribution < 1.29 is 0 Å². The second kappa shape index (κ2) is 7.23. The smallest absolute Gasteiger partial charge is 0.167 e. The Morgan fingerprint density at radius 3 is 2.48 bits per heavy atom. The largest absolute Gasteiger partial charge is 0.359 e. The van der Waals surface area contributed by atoms with E-state index in [2.05, 4.69) is 61.7 Å². The Bertz CT molecular complexity index is 608. The van der Waals surface area contributed by atoms with Crippen molar-refractivity contribution in [2.24, 2.45) is 0 Å². The summed E-state index contributed by atoms with van der Waals surface area (Å²) in [5, 5.41) is 7.28. The van der Waals surface area contributed by atoms with Crippen LogP contribution in [0, 0.1) is 13.8 Å². The molecule has 0 heterocycles. The average Bonchev–Trinajstić information content (AvgIpc) is 2.46. The molecule has 0 aliphatic rings. The van der Waals surface area contributed by atoms with Gasteiger partial charge in [-0.3, -0.25) is 0 Å². The van der Waals surface area contributed by atoms with Crippen LogP contribution in [0.15, 0.2) is 48.5 Å². The monoisotopic (exact) mass is 298 g/mol. The summed E-state index contributed by atoms with van der Waals surface area (Å²) in [6, 6.07) is 17.0. The Labute approximate surface area is 132 Å². The molecule has 2 N–H and O–H groups in total. The zero-order chi connectivity index (χ0) is 15.2. The van der Waals surface area contributed by atoms with Crippen molar-refractivity contribution in [3.05, 3.63) is 70.8 Å².